The summed E-state index contributed by atoms with van der Waals surface area (Å²) in [6.45, 7) is 4.08. The van der Waals surface area contributed by atoms with Crippen LogP contribution in [0.2, 0.25) is 0 Å². The molecule has 2 atom stereocenters. The first-order chi connectivity index (χ1) is 11.5. The molecule has 0 aliphatic heterocycles. The second kappa shape index (κ2) is 8.64. The van der Waals surface area contributed by atoms with Crippen molar-refractivity contribution in [2.45, 2.75) is 26.2 Å². The van der Waals surface area contributed by atoms with E-state index >= 15 is 0 Å². The van der Waals surface area contributed by atoms with Gasteiger partial charge >= 0.3 is 0 Å². The highest BCUT2D eigenvalue weighted by Gasteiger charge is 2.26. The molecule has 0 bridgehead atoms. The molecule has 0 fully saturated rings. The van der Waals surface area contributed by atoms with Crippen LogP contribution in [0.25, 0.3) is 0 Å². The van der Waals surface area contributed by atoms with E-state index in [4.69, 9.17) is 0 Å². The number of carbonyl (C=O) groups excluding carboxylic acids is 2. The lowest BCUT2D eigenvalue weighted by Gasteiger charge is -2.23. The molecule has 2 amide bonds. The molecule has 0 spiro atoms. The van der Waals surface area contributed by atoms with Crippen molar-refractivity contribution in [2.75, 3.05) is 0 Å². The quantitative estimate of drug-likeness (QED) is 0.759. The molecule has 24 heavy (non-hydrogen) atoms. The molecule has 0 heterocycles. The molecule has 0 saturated carbocycles. The molecule has 0 saturated heterocycles. The second-order valence-corrected chi connectivity index (χ2v) is 6.55. The molecule has 2 aromatic rings. The highest BCUT2D eigenvalue weighted by atomic mass is 79.9. The van der Waals surface area contributed by atoms with E-state index in [1.165, 1.54) is 0 Å². The summed E-state index contributed by atoms with van der Waals surface area (Å²) >= 11 is 3.33. The van der Waals surface area contributed by atoms with Gasteiger partial charge in [0.25, 0.3) is 5.91 Å². The van der Waals surface area contributed by atoms with Gasteiger partial charge in [-0.15, -0.1) is 0 Å². The standard InChI is InChI=1S/C19H21BrN2O2/c1-3-13(2)17(14-9-5-4-6-10-14)19(24)22-21-18(23)15-11-7-8-12-16(15)20/h4-13,17H,3H2,1-2H3,(H,21,23)(H,22,24)/t13-,17+/m0/s1. The van der Waals surface area contributed by atoms with E-state index in [1.54, 1.807) is 18.2 Å². The SMILES string of the molecule is CC[C@H](C)[C@@H](C(=O)NNC(=O)c1ccccc1Br)c1ccccc1. The van der Waals surface area contributed by atoms with E-state index in [2.05, 4.69) is 26.8 Å². The maximum Gasteiger partial charge on any atom is 0.270 e. The van der Waals surface area contributed by atoms with E-state index in [0.29, 0.717) is 10.0 Å². The Labute approximate surface area is 150 Å². The van der Waals surface area contributed by atoms with Gasteiger partial charge in [0.2, 0.25) is 5.91 Å². The Kier molecular flexibility index (Phi) is 6.55. The first kappa shape index (κ1) is 18.2. The summed E-state index contributed by atoms with van der Waals surface area (Å²) in [6.07, 6.45) is 0.866. The van der Waals surface area contributed by atoms with Crippen LogP contribution in [0.4, 0.5) is 0 Å². The average molecular weight is 389 g/mol. The first-order valence-electron chi connectivity index (χ1n) is 7.94. The van der Waals surface area contributed by atoms with Crippen LogP contribution in [-0.2, 0) is 4.79 Å². The van der Waals surface area contributed by atoms with Gasteiger partial charge in [0.05, 0.1) is 11.5 Å². The van der Waals surface area contributed by atoms with E-state index in [-0.39, 0.29) is 23.7 Å². The number of amides is 2. The fraction of sp³-hybridized carbons (Fsp3) is 0.263. The van der Waals surface area contributed by atoms with Crippen molar-refractivity contribution in [1.29, 1.82) is 0 Å². The van der Waals surface area contributed by atoms with Crippen molar-refractivity contribution in [3.8, 4) is 0 Å². The van der Waals surface area contributed by atoms with Gasteiger partial charge in [-0.2, -0.15) is 0 Å². The second-order valence-electron chi connectivity index (χ2n) is 5.70. The third-order valence-corrected chi connectivity index (χ3v) is 4.76. The van der Waals surface area contributed by atoms with Crippen LogP contribution >= 0.6 is 15.9 Å². The Bertz CT molecular complexity index is 704. The Balaban J connectivity index is 2.08. The summed E-state index contributed by atoms with van der Waals surface area (Å²) < 4.78 is 0.679. The number of halogens is 1. The van der Waals surface area contributed by atoms with Gasteiger partial charge < -0.3 is 0 Å². The topological polar surface area (TPSA) is 58.2 Å². The zero-order valence-electron chi connectivity index (χ0n) is 13.8. The zero-order chi connectivity index (χ0) is 17.5. The number of hydrogen-bond donors (Lipinski definition) is 2. The van der Waals surface area contributed by atoms with E-state index in [1.807, 2.05) is 50.2 Å². The van der Waals surface area contributed by atoms with Crippen molar-refractivity contribution in [1.82, 2.24) is 10.9 Å². The molecule has 126 valence electrons. The van der Waals surface area contributed by atoms with Gasteiger partial charge in [0.15, 0.2) is 0 Å². The summed E-state index contributed by atoms with van der Waals surface area (Å²) in [5, 5.41) is 0. The minimum atomic E-state index is -0.355. The Hall–Kier alpha value is -2.14. The molecule has 2 rings (SSSR count). The monoisotopic (exact) mass is 388 g/mol. The molecule has 0 radical (unpaired) electrons. The van der Waals surface area contributed by atoms with Crippen LogP contribution in [-0.4, -0.2) is 11.8 Å². The van der Waals surface area contributed by atoms with E-state index < -0.39 is 0 Å². The van der Waals surface area contributed by atoms with Gasteiger partial charge in [0, 0.05) is 4.47 Å². The average Bonchev–Trinajstić information content (AvgIpc) is 2.61. The summed E-state index contributed by atoms with van der Waals surface area (Å²) in [7, 11) is 0. The predicted octanol–water partition coefficient (Wildman–Crippen LogP) is 4.04. The number of rotatable bonds is 5. The van der Waals surface area contributed by atoms with Gasteiger partial charge in [-0.25, -0.2) is 0 Å². The minimum absolute atomic E-state index is 0.160. The maximum absolute atomic E-state index is 12.6. The molecular weight excluding hydrogens is 368 g/mol. The molecule has 0 unspecified atom stereocenters. The fourth-order valence-electron chi connectivity index (χ4n) is 2.54. The molecule has 2 N–H and O–H groups in total. The van der Waals surface area contributed by atoms with E-state index in [9.17, 15) is 9.59 Å². The lowest BCUT2D eigenvalue weighted by Crippen LogP contribution is -2.45. The maximum atomic E-state index is 12.6. The molecule has 0 aromatic heterocycles. The summed E-state index contributed by atoms with van der Waals surface area (Å²) in [5.74, 6) is -0.716. The molecule has 4 nitrogen and oxygen atoms in total. The zero-order valence-corrected chi connectivity index (χ0v) is 15.3. The number of benzene rings is 2. The smallest absolute Gasteiger partial charge is 0.270 e. The van der Waals surface area contributed by atoms with Crippen LogP contribution in [0.1, 0.15) is 42.1 Å². The summed E-state index contributed by atoms with van der Waals surface area (Å²) in [5.41, 5.74) is 6.48. The van der Waals surface area contributed by atoms with E-state index in [0.717, 1.165) is 12.0 Å². The lowest BCUT2D eigenvalue weighted by atomic mass is 9.85. The largest absolute Gasteiger partial charge is 0.273 e. The lowest BCUT2D eigenvalue weighted by molar-refractivity contribution is -0.124. The Morgan fingerprint density at radius 3 is 2.25 bits per heavy atom. The molecule has 2 aromatic carbocycles. The van der Waals surface area contributed by atoms with Crippen molar-refractivity contribution < 1.29 is 9.59 Å². The van der Waals surface area contributed by atoms with Crippen LogP contribution < -0.4 is 10.9 Å². The predicted molar refractivity (Wildman–Crippen MR) is 98.4 cm³/mol. The molecule has 0 aliphatic rings. The molecule has 5 heteroatoms. The number of carbonyl (C=O) groups is 2. The summed E-state index contributed by atoms with van der Waals surface area (Å²) in [4.78, 5) is 24.8. The van der Waals surface area contributed by atoms with Crippen molar-refractivity contribution in [2.24, 2.45) is 5.92 Å². The van der Waals surface area contributed by atoms with Gasteiger partial charge in [-0.3, -0.25) is 20.4 Å². The first-order valence-corrected chi connectivity index (χ1v) is 8.73. The van der Waals surface area contributed by atoms with Crippen LogP contribution in [0.3, 0.4) is 0 Å². The minimum Gasteiger partial charge on any atom is -0.273 e. The normalized spacial score (nSPS) is 13.0. The number of hydrazine groups is 1. The number of hydrogen-bond acceptors (Lipinski definition) is 2. The van der Waals surface area contributed by atoms with Crippen LogP contribution in [0, 0.1) is 5.92 Å². The highest BCUT2D eigenvalue weighted by molar-refractivity contribution is 9.10. The van der Waals surface area contributed by atoms with Crippen LogP contribution in [0.15, 0.2) is 59.1 Å². The molecular formula is C19H21BrN2O2. The Morgan fingerprint density at radius 2 is 1.62 bits per heavy atom. The van der Waals surface area contributed by atoms with Gasteiger partial charge in [-0.05, 0) is 39.5 Å². The Morgan fingerprint density at radius 1 is 1.00 bits per heavy atom. The number of nitrogens with one attached hydrogen (secondary N) is 2. The van der Waals surface area contributed by atoms with Gasteiger partial charge in [-0.1, -0.05) is 62.7 Å². The third-order valence-electron chi connectivity index (χ3n) is 4.07. The van der Waals surface area contributed by atoms with Gasteiger partial charge in [0.1, 0.15) is 0 Å². The van der Waals surface area contributed by atoms with Crippen LogP contribution in [0.5, 0.6) is 0 Å². The van der Waals surface area contributed by atoms with Crippen molar-refractivity contribution >= 4 is 27.7 Å². The van der Waals surface area contributed by atoms with Crippen molar-refractivity contribution in [3.63, 3.8) is 0 Å². The van der Waals surface area contributed by atoms with Crippen molar-refractivity contribution in [3.05, 3.63) is 70.2 Å². The highest BCUT2D eigenvalue weighted by Crippen LogP contribution is 2.27. The molecule has 0 aliphatic carbocycles. The summed E-state index contributed by atoms with van der Waals surface area (Å²) in [6, 6.07) is 16.7. The fourth-order valence-corrected chi connectivity index (χ4v) is 3.01. The third kappa shape index (κ3) is 4.45.